The number of halogens is 1. The third-order valence-electron chi connectivity index (χ3n) is 4.73. The number of carbonyl (C=O) groups is 1. The Morgan fingerprint density at radius 1 is 1.07 bits per heavy atom. The molecule has 2 heterocycles. The number of urea groups is 1. The smallest absolute Gasteiger partial charge is 0.322 e. The van der Waals surface area contributed by atoms with E-state index in [4.69, 9.17) is 0 Å². The van der Waals surface area contributed by atoms with Crippen LogP contribution in [0, 0.1) is 5.82 Å². The Morgan fingerprint density at radius 2 is 1.78 bits per heavy atom. The summed E-state index contributed by atoms with van der Waals surface area (Å²) in [5, 5.41) is 11.3. The summed E-state index contributed by atoms with van der Waals surface area (Å²) in [6, 6.07) is 9.82. The van der Waals surface area contributed by atoms with Crippen LogP contribution in [0.3, 0.4) is 0 Å². The quantitative estimate of drug-likeness (QED) is 0.874. The molecule has 1 aliphatic heterocycles. The van der Waals surface area contributed by atoms with Gasteiger partial charge in [0.05, 0.1) is 5.69 Å². The van der Waals surface area contributed by atoms with E-state index in [0.717, 1.165) is 24.7 Å². The van der Waals surface area contributed by atoms with Crippen LogP contribution in [0.1, 0.15) is 13.8 Å². The standard InChI is InChI=1S/C19H25FN6O/c1-3-24(4-2)17-9-10-18(23-22-17)25-11-13-26(14-12-25)19(27)21-16-8-6-5-7-15(16)20/h5-10H,3-4,11-14H2,1-2H3,(H,21,27). The number of para-hydroxylation sites is 1. The maximum Gasteiger partial charge on any atom is 0.322 e. The van der Waals surface area contributed by atoms with Crippen LogP contribution in [0.15, 0.2) is 36.4 Å². The average Bonchev–Trinajstić information content (AvgIpc) is 2.71. The van der Waals surface area contributed by atoms with Gasteiger partial charge in [0.15, 0.2) is 11.6 Å². The average molecular weight is 372 g/mol. The second kappa shape index (κ2) is 8.66. The molecule has 7 nitrogen and oxygen atoms in total. The molecule has 2 amide bonds. The van der Waals surface area contributed by atoms with Crippen molar-refractivity contribution in [3.8, 4) is 0 Å². The Hall–Kier alpha value is -2.90. The summed E-state index contributed by atoms with van der Waals surface area (Å²) in [5.41, 5.74) is 0.197. The largest absolute Gasteiger partial charge is 0.356 e. The summed E-state index contributed by atoms with van der Waals surface area (Å²) in [6.07, 6.45) is 0. The van der Waals surface area contributed by atoms with Crippen molar-refractivity contribution in [2.75, 3.05) is 54.4 Å². The van der Waals surface area contributed by atoms with Gasteiger partial charge < -0.3 is 20.0 Å². The summed E-state index contributed by atoms with van der Waals surface area (Å²) < 4.78 is 13.7. The molecular weight excluding hydrogens is 347 g/mol. The molecule has 2 aromatic rings. The van der Waals surface area contributed by atoms with Gasteiger partial charge in [-0.3, -0.25) is 0 Å². The molecule has 3 rings (SSSR count). The zero-order chi connectivity index (χ0) is 19.2. The lowest BCUT2D eigenvalue weighted by atomic mass is 10.3. The maximum absolute atomic E-state index is 13.7. The van der Waals surface area contributed by atoms with Gasteiger partial charge in [0.25, 0.3) is 0 Å². The van der Waals surface area contributed by atoms with Gasteiger partial charge in [-0.1, -0.05) is 12.1 Å². The van der Waals surface area contributed by atoms with Gasteiger partial charge in [-0.05, 0) is 38.1 Å². The first-order valence-electron chi connectivity index (χ1n) is 9.26. The van der Waals surface area contributed by atoms with Gasteiger partial charge in [0.2, 0.25) is 0 Å². The van der Waals surface area contributed by atoms with Crippen molar-refractivity contribution in [2.45, 2.75) is 13.8 Å². The third kappa shape index (κ3) is 4.45. The molecular formula is C19H25FN6O. The van der Waals surface area contributed by atoms with Crippen molar-refractivity contribution in [1.82, 2.24) is 15.1 Å². The fourth-order valence-corrected chi connectivity index (χ4v) is 3.10. The number of nitrogens with one attached hydrogen (secondary N) is 1. The maximum atomic E-state index is 13.7. The number of benzene rings is 1. The Morgan fingerprint density at radius 3 is 2.37 bits per heavy atom. The number of aromatic nitrogens is 2. The van der Waals surface area contributed by atoms with Crippen LogP contribution < -0.4 is 15.1 Å². The lowest BCUT2D eigenvalue weighted by molar-refractivity contribution is 0.208. The van der Waals surface area contributed by atoms with Crippen LogP contribution in [-0.2, 0) is 0 Å². The number of anilines is 3. The molecule has 0 bridgehead atoms. The molecule has 1 N–H and O–H groups in total. The van der Waals surface area contributed by atoms with E-state index in [1.807, 2.05) is 12.1 Å². The van der Waals surface area contributed by atoms with Gasteiger partial charge in [0, 0.05) is 39.3 Å². The van der Waals surface area contributed by atoms with E-state index in [0.29, 0.717) is 26.2 Å². The van der Waals surface area contributed by atoms with Crippen molar-refractivity contribution in [1.29, 1.82) is 0 Å². The first-order chi connectivity index (χ1) is 13.1. The van der Waals surface area contributed by atoms with E-state index in [2.05, 4.69) is 39.2 Å². The number of hydrogen-bond acceptors (Lipinski definition) is 5. The molecule has 1 aromatic heterocycles. The molecule has 1 aliphatic rings. The minimum atomic E-state index is -0.437. The van der Waals surface area contributed by atoms with E-state index in [9.17, 15) is 9.18 Å². The first kappa shape index (κ1) is 18.9. The highest BCUT2D eigenvalue weighted by atomic mass is 19.1. The van der Waals surface area contributed by atoms with Crippen LogP contribution in [0.2, 0.25) is 0 Å². The number of carbonyl (C=O) groups excluding carboxylic acids is 1. The van der Waals surface area contributed by atoms with Gasteiger partial charge >= 0.3 is 6.03 Å². The Balaban J connectivity index is 1.55. The van der Waals surface area contributed by atoms with E-state index in [-0.39, 0.29) is 11.7 Å². The predicted octanol–water partition coefficient (Wildman–Crippen LogP) is 2.82. The molecule has 144 valence electrons. The lowest BCUT2D eigenvalue weighted by Gasteiger charge is -2.35. The highest BCUT2D eigenvalue weighted by Crippen LogP contribution is 2.18. The van der Waals surface area contributed by atoms with Crippen molar-refractivity contribution in [2.24, 2.45) is 0 Å². The van der Waals surface area contributed by atoms with E-state index in [1.54, 1.807) is 23.1 Å². The second-order valence-corrected chi connectivity index (χ2v) is 6.31. The summed E-state index contributed by atoms with van der Waals surface area (Å²) in [5.74, 6) is 1.24. The Kier molecular flexibility index (Phi) is 6.05. The predicted molar refractivity (Wildman–Crippen MR) is 105 cm³/mol. The van der Waals surface area contributed by atoms with Crippen molar-refractivity contribution < 1.29 is 9.18 Å². The SMILES string of the molecule is CCN(CC)c1ccc(N2CCN(C(=O)Nc3ccccc3F)CC2)nn1. The van der Waals surface area contributed by atoms with Crippen LogP contribution in [0.5, 0.6) is 0 Å². The zero-order valence-corrected chi connectivity index (χ0v) is 15.7. The monoisotopic (exact) mass is 372 g/mol. The second-order valence-electron chi connectivity index (χ2n) is 6.31. The van der Waals surface area contributed by atoms with E-state index < -0.39 is 5.82 Å². The number of amides is 2. The van der Waals surface area contributed by atoms with Crippen molar-refractivity contribution in [3.63, 3.8) is 0 Å². The van der Waals surface area contributed by atoms with Crippen LogP contribution in [-0.4, -0.2) is 60.4 Å². The van der Waals surface area contributed by atoms with Crippen LogP contribution in [0.25, 0.3) is 0 Å². The summed E-state index contributed by atoms with van der Waals surface area (Å²) >= 11 is 0. The first-order valence-corrected chi connectivity index (χ1v) is 9.26. The highest BCUT2D eigenvalue weighted by molar-refractivity contribution is 5.89. The topological polar surface area (TPSA) is 64.6 Å². The summed E-state index contributed by atoms with van der Waals surface area (Å²) in [7, 11) is 0. The van der Waals surface area contributed by atoms with E-state index in [1.165, 1.54) is 6.07 Å². The fraction of sp³-hybridized carbons (Fsp3) is 0.421. The molecule has 0 radical (unpaired) electrons. The highest BCUT2D eigenvalue weighted by Gasteiger charge is 2.23. The molecule has 8 heteroatoms. The van der Waals surface area contributed by atoms with Crippen molar-refractivity contribution in [3.05, 3.63) is 42.2 Å². The molecule has 0 spiro atoms. The molecule has 1 fully saturated rings. The normalized spacial score (nSPS) is 14.2. The minimum Gasteiger partial charge on any atom is -0.356 e. The van der Waals surface area contributed by atoms with Crippen molar-refractivity contribution >= 4 is 23.4 Å². The van der Waals surface area contributed by atoms with Crippen LogP contribution >= 0.6 is 0 Å². The molecule has 0 unspecified atom stereocenters. The van der Waals surface area contributed by atoms with E-state index >= 15 is 0 Å². The molecule has 1 aromatic carbocycles. The van der Waals surface area contributed by atoms with Crippen LogP contribution in [0.4, 0.5) is 26.5 Å². The molecule has 0 atom stereocenters. The third-order valence-corrected chi connectivity index (χ3v) is 4.73. The lowest BCUT2D eigenvalue weighted by Crippen LogP contribution is -2.50. The van der Waals surface area contributed by atoms with Gasteiger partial charge in [-0.15, -0.1) is 10.2 Å². The number of nitrogens with zero attached hydrogens (tertiary/aromatic N) is 5. The number of piperazine rings is 1. The Bertz CT molecular complexity index is 757. The van der Waals surface area contributed by atoms with Gasteiger partial charge in [0.1, 0.15) is 5.82 Å². The number of hydrogen-bond donors (Lipinski definition) is 1. The number of rotatable bonds is 5. The molecule has 1 saturated heterocycles. The Labute approximate surface area is 158 Å². The minimum absolute atomic E-state index is 0.197. The zero-order valence-electron chi connectivity index (χ0n) is 15.7. The summed E-state index contributed by atoms with van der Waals surface area (Å²) in [4.78, 5) is 18.3. The molecule has 0 saturated carbocycles. The fourth-order valence-electron chi connectivity index (χ4n) is 3.10. The molecule has 27 heavy (non-hydrogen) atoms. The van der Waals surface area contributed by atoms with Gasteiger partial charge in [-0.25, -0.2) is 9.18 Å². The van der Waals surface area contributed by atoms with Gasteiger partial charge in [-0.2, -0.15) is 0 Å². The molecule has 0 aliphatic carbocycles. The summed E-state index contributed by atoms with van der Waals surface area (Å²) in [6.45, 7) is 8.35.